The molecule has 7 heteroatoms. The lowest BCUT2D eigenvalue weighted by Gasteiger charge is -2.33. The maximum Gasteiger partial charge on any atom is 0.501 e. The van der Waals surface area contributed by atoms with Gasteiger partial charge in [0.25, 0.3) is 0 Å². The van der Waals surface area contributed by atoms with Gasteiger partial charge >= 0.3 is 8.80 Å². The van der Waals surface area contributed by atoms with Crippen molar-refractivity contribution in [3.8, 4) is 0 Å². The molecule has 0 aromatic rings. The molecule has 0 saturated heterocycles. The average Bonchev–Trinajstić information content (AvgIpc) is 2.26. The molecule has 0 spiro atoms. The highest BCUT2D eigenvalue weighted by atomic mass is 28.4. The van der Waals surface area contributed by atoms with Crippen LogP contribution in [-0.4, -0.2) is 33.9 Å². The van der Waals surface area contributed by atoms with E-state index in [9.17, 15) is 0 Å². The summed E-state index contributed by atoms with van der Waals surface area (Å²) >= 11 is 0. The largest absolute Gasteiger partial charge is 0.501 e. The summed E-state index contributed by atoms with van der Waals surface area (Å²) in [7, 11) is -2.73. The molecule has 0 fully saturated rings. The predicted molar refractivity (Wildman–Crippen MR) is 74.6 cm³/mol. The first-order valence-corrected chi connectivity index (χ1v) is 8.54. The van der Waals surface area contributed by atoms with Crippen LogP contribution in [0, 0.1) is 0 Å². The van der Waals surface area contributed by atoms with Crippen LogP contribution in [0.15, 0.2) is 0 Å². The van der Waals surface area contributed by atoms with Gasteiger partial charge in [0.2, 0.25) is 0 Å². The average molecular weight is 279 g/mol. The summed E-state index contributed by atoms with van der Waals surface area (Å²) in [5.74, 6) is -1.22. The zero-order valence-electron chi connectivity index (χ0n) is 12.1. The molecule has 0 aromatic heterocycles. The van der Waals surface area contributed by atoms with Gasteiger partial charge in [0.15, 0.2) is 0 Å². The van der Waals surface area contributed by atoms with E-state index in [1.807, 2.05) is 20.8 Å². The Morgan fingerprint density at radius 2 is 1.56 bits per heavy atom. The Morgan fingerprint density at radius 1 is 1.06 bits per heavy atom. The van der Waals surface area contributed by atoms with E-state index in [-0.39, 0.29) is 6.10 Å². The van der Waals surface area contributed by atoms with Crippen molar-refractivity contribution in [1.82, 2.24) is 0 Å². The molecule has 0 radical (unpaired) electrons. The van der Waals surface area contributed by atoms with Crippen molar-refractivity contribution in [2.45, 2.75) is 58.5 Å². The fourth-order valence-electron chi connectivity index (χ4n) is 1.51. The molecule has 18 heavy (non-hydrogen) atoms. The maximum absolute atomic E-state index is 5.99. The summed E-state index contributed by atoms with van der Waals surface area (Å²) in [4.78, 5) is 0. The van der Waals surface area contributed by atoms with Gasteiger partial charge in [-0.25, -0.2) is 0 Å². The van der Waals surface area contributed by atoms with Crippen LogP contribution in [0.4, 0.5) is 0 Å². The minimum atomic E-state index is -2.73. The van der Waals surface area contributed by atoms with E-state index in [4.69, 9.17) is 30.5 Å². The van der Waals surface area contributed by atoms with Crippen molar-refractivity contribution >= 4 is 8.80 Å². The molecule has 0 amide bonds. The number of nitrogens with two attached hydrogens (primary N) is 3. The molecule has 1 unspecified atom stereocenters. The summed E-state index contributed by atoms with van der Waals surface area (Å²) in [6, 6.07) is 0.530. The van der Waals surface area contributed by atoms with Crippen molar-refractivity contribution < 1.29 is 13.3 Å². The molecule has 0 aliphatic carbocycles. The highest BCUT2D eigenvalue weighted by molar-refractivity contribution is 6.60. The molecule has 0 aliphatic rings. The Hall–Kier alpha value is -0.0231. The van der Waals surface area contributed by atoms with Crippen LogP contribution >= 0.6 is 0 Å². The zero-order chi connectivity index (χ0) is 14.2. The molecule has 110 valence electrons. The molecule has 0 heterocycles. The fraction of sp³-hybridized carbons (Fsp3) is 1.00. The highest BCUT2D eigenvalue weighted by Crippen LogP contribution is 2.22. The van der Waals surface area contributed by atoms with E-state index >= 15 is 0 Å². The third-order valence-corrected chi connectivity index (χ3v) is 5.63. The molecule has 1 atom stereocenters. The normalized spacial score (nSPS) is 14.8. The Morgan fingerprint density at radius 3 is 1.89 bits per heavy atom. The number of hydrogen-bond acceptors (Lipinski definition) is 6. The Kier molecular flexibility index (Phi) is 8.20. The topological polar surface area (TPSA) is 106 Å². The molecular weight excluding hydrogens is 250 g/mol. The first-order valence-electron chi connectivity index (χ1n) is 6.61. The summed E-state index contributed by atoms with van der Waals surface area (Å²) in [5.41, 5.74) is 16.8. The molecule has 0 bridgehead atoms. The first kappa shape index (κ1) is 18.0. The summed E-state index contributed by atoms with van der Waals surface area (Å²) < 4.78 is 17.5. The van der Waals surface area contributed by atoms with Crippen LogP contribution in [-0.2, 0) is 13.3 Å². The number of hydrogen-bond donors (Lipinski definition) is 3. The van der Waals surface area contributed by atoms with Gasteiger partial charge < -0.3 is 30.5 Å². The second-order valence-electron chi connectivity index (χ2n) is 4.50. The lowest BCUT2D eigenvalue weighted by Crippen LogP contribution is -2.60. The second-order valence-corrected chi connectivity index (χ2v) is 7.18. The quantitative estimate of drug-likeness (QED) is 0.402. The standard InChI is InChI=1S/C11H29N3O3Si/c1-5-10(4)17-18(15-6-2,16-7-3)9-8-11(12,13)14/h10H,5-9,12-14H2,1-4H3. The van der Waals surface area contributed by atoms with Crippen LogP contribution in [0.25, 0.3) is 0 Å². The summed E-state index contributed by atoms with van der Waals surface area (Å²) in [5, 5.41) is 0. The van der Waals surface area contributed by atoms with E-state index in [1.54, 1.807) is 0 Å². The van der Waals surface area contributed by atoms with Crippen molar-refractivity contribution in [2.24, 2.45) is 17.2 Å². The van der Waals surface area contributed by atoms with E-state index in [0.29, 0.717) is 25.7 Å². The third-order valence-electron chi connectivity index (χ3n) is 2.55. The van der Waals surface area contributed by atoms with Gasteiger partial charge in [-0.05, 0) is 33.6 Å². The van der Waals surface area contributed by atoms with Crippen LogP contribution < -0.4 is 17.2 Å². The van der Waals surface area contributed by atoms with E-state index in [0.717, 1.165) is 6.42 Å². The minimum absolute atomic E-state index is 0.0810. The van der Waals surface area contributed by atoms with E-state index < -0.39 is 14.6 Å². The maximum atomic E-state index is 5.99. The molecule has 0 aromatic carbocycles. The van der Waals surface area contributed by atoms with Crippen molar-refractivity contribution in [1.29, 1.82) is 0 Å². The van der Waals surface area contributed by atoms with Gasteiger partial charge in [-0.2, -0.15) is 0 Å². The van der Waals surface area contributed by atoms with Gasteiger partial charge in [-0.3, -0.25) is 0 Å². The van der Waals surface area contributed by atoms with Crippen molar-refractivity contribution in [3.63, 3.8) is 0 Å². The minimum Gasteiger partial charge on any atom is -0.374 e. The molecule has 6 nitrogen and oxygen atoms in total. The van der Waals surface area contributed by atoms with Crippen molar-refractivity contribution in [3.05, 3.63) is 0 Å². The Bertz CT molecular complexity index is 218. The lowest BCUT2D eigenvalue weighted by molar-refractivity contribution is 0.0354. The molecule has 6 N–H and O–H groups in total. The van der Waals surface area contributed by atoms with Crippen molar-refractivity contribution in [2.75, 3.05) is 13.2 Å². The van der Waals surface area contributed by atoms with Gasteiger partial charge in [0.1, 0.15) is 5.79 Å². The van der Waals surface area contributed by atoms with E-state index in [2.05, 4.69) is 6.92 Å². The lowest BCUT2D eigenvalue weighted by atomic mass is 10.3. The van der Waals surface area contributed by atoms with Gasteiger partial charge in [-0.15, -0.1) is 0 Å². The van der Waals surface area contributed by atoms with Gasteiger partial charge in [-0.1, -0.05) is 6.92 Å². The van der Waals surface area contributed by atoms with Crippen LogP contribution in [0.1, 0.15) is 40.5 Å². The molecule has 0 aliphatic heterocycles. The first-order chi connectivity index (χ1) is 8.28. The van der Waals surface area contributed by atoms with Crippen LogP contribution in [0.2, 0.25) is 6.04 Å². The van der Waals surface area contributed by atoms with Gasteiger partial charge in [0, 0.05) is 25.4 Å². The zero-order valence-corrected chi connectivity index (χ0v) is 13.1. The fourth-order valence-corrected chi connectivity index (χ4v) is 4.54. The molecular formula is C11H29N3O3Si. The SMILES string of the molecule is CCO[Si](CCC(N)(N)N)(OCC)OC(C)CC. The monoisotopic (exact) mass is 279 g/mol. The highest BCUT2D eigenvalue weighted by Gasteiger charge is 2.42. The summed E-state index contributed by atoms with van der Waals surface area (Å²) in [6.07, 6.45) is 1.38. The Labute approximate surface area is 111 Å². The molecule has 0 saturated carbocycles. The predicted octanol–water partition coefficient (Wildman–Crippen LogP) is 0.733. The smallest absolute Gasteiger partial charge is 0.374 e. The number of rotatable bonds is 10. The van der Waals surface area contributed by atoms with E-state index in [1.165, 1.54) is 0 Å². The van der Waals surface area contributed by atoms with Crippen LogP contribution in [0.5, 0.6) is 0 Å². The second kappa shape index (κ2) is 8.21. The third kappa shape index (κ3) is 7.42. The van der Waals surface area contributed by atoms with Crippen LogP contribution in [0.3, 0.4) is 0 Å². The van der Waals surface area contributed by atoms with Gasteiger partial charge in [0.05, 0.1) is 0 Å². The summed E-state index contributed by atoms with van der Waals surface area (Å²) in [6.45, 7) is 8.97. The Balaban J connectivity index is 4.72. The molecule has 0 rings (SSSR count).